The smallest absolute Gasteiger partial charge is 0.252 e. The number of hydrogen-bond acceptors (Lipinski definition) is 4. The second-order valence-electron chi connectivity index (χ2n) is 6.04. The average Bonchev–Trinajstić information content (AvgIpc) is 3.04. The van der Waals surface area contributed by atoms with E-state index in [2.05, 4.69) is 15.3 Å². The fourth-order valence-corrected chi connectivity index (χ4v) is 3.32. The van der Waals surface area contributed by atoms with Crippen LogP contribution < -0.4 is 5.32 Å². The minimum Gasteiger partial charge on any atom is -0.382 e. The van der Waals surface area contributed by atoms with Crippen molar-refractivity contribution in [1.29, 1.82) is 0 Å². The Morgan fingerprint density at radius 3 is 2.92 bits per heavy atom. The molecule has 1 fully saturated rings. The molecular formula is C17H22ClN3O3. The van der Waals surface area contributed by atoms with Crippen LogP contribution in [-0.4, -0.2) is 48.3 Å². The fraction of sp³-hybridized carbons (Fsp3) is 0.529. The van der Waals surface area contributed by atoms with Gasteiger partial charge in [0.2, 0.25) is 0 Å². The number of methoxy groups -OCH3 is 1. The van der Waals surface area contributed by atoms with Crippen LogP contribution in [0.15, 0.2) is 18.3 Å². The lowest BCUT2D eigenvalue weighted by Crippen LogP contribution is -2.39. The van der Waals surface area contributed by atoms with Crippen molar-refractivity contribution in [1.82, 2.24) is 15.3 Å². The second-order valence-corrected chi connectivity index (χ2v) is 6.43. The zero-order chi connectivity index (χ0) is 16.9. The number of carbonyl (C=O) groups excluding carboxylic acids is 1. The van der Waals surface area contributed by atoms with Crippen molar-refractivity contribution in [3.63, 3.8) is 0 Å². The monoisotopic (exact) mass is 351 g/mol. The minimum atomic E-state index is -0.104. The number of amides is 1. The Hall–Kier alpha value is -1.63. The molecule has 0 unspecified atom stereocenters. The predicted molar refractivity (Wildman–Crippen MR) is 92.4 cm³/mol. The van der Waals surface area contributed by atoms with Crippen molar-refractivity contribution in [2.75, 3.05) is 20.3 Å². The van der Waals surface area contributed by atoms with Gasteiger partial charge in [0.15, 0.2) is 0 Å². The Morgan fingerprint density at radius 1 is 1.38 bits per heavy atom. The number of pyridine rings is 1. The van der Waals surface area contributed by atoms with Crippen LogP contribution in [-0.2, 0) is 9.47 Å². The molecule has 130 valence electrons. The number of halogens is 1. The molecule has 2 heterocycles. The normalized spacial score (nSPS) is 21.1. The third kappa shape index (κ3) is 4.06. The third-order valence-electron chi connectivity index (χ3n) is 4.39. The van der Waals surface area contributed by atoms with Crippen LogP contribution in [0, 0.1) is 0 Å². The van der Waals surface area contributed by atoms with Gasteiger partial charge in [-0.1, -0.05) is 11.6 Å². The number of aromatic amines is 1. The summed E-state index contributed by atoms with van der Waals surface area (Å²) in [5, 5.41) is 4.21. The number of carbonyl (C=O) groups is 1. The van der Waals surface area contributed by atoms with Crippen molar-refractivity contribution in [2.24, 2.45) is 0 Å². The Labute approximate surface area is 145 Å². The summed E-state index contributed by atoms with van der Waals surface area (Å²) in [4.78, 5) is 19.8. The van der Waals surface area contributed by atoms with Crippen LogP contribution in [0.1, 0.15) is 36.0 Å². The van der Waals surface area contributed by atoms with E-state index >= 15 is 0 Å². The predicted octanol–water partition coefficient (Wildman–Crippen LogP) is 2.92. The largest absolute Gasteiger partial charge is 0.382 e. The molecule has 1 saturated carbocycles. The molecular weight excluding hydrogens is 330 g/mol. The standard InChI is InChI=1S/C17H22ClN3O3/c1-23-8-9-24-12-4-2-11(3-5-12)20-17(22)14-10-15(18)21-16-13(14)6-7-19-16/h6-7,10-12H,2-5,8-9H2,1H3,(H,19,21)(H,20,22)/t11-,12-. The Kier molecular flexibility index (Phi) is 5.71. The summed E-state index contributed by atoms with van der Waals surface area (Å²) in [6, 6.07) is 3.63. The van der Waals surface area contributed by atoms with Crippen LogP contribution in [0.2, 0.25) is 5.15 Å². The van der Waals surface area contributed by atoms with E-state index < -0.39 is 0 Å². The summed E-state index contributed by atoms with van der Waals surface area (Å²) < 4.78 is 10.8. The van der Waals surface area contributed by atoms with E-state index in [0.29, 0.717) is 29.6 Å². The maximum atomic E-state index is 12.6. The number of rotatable bonds is 6. The lowest BCUT2D eigenvalue weighted by atomic mass is 9.92. The molecule has 24 heavy (non-hydrogen) atoms. The quantitative estimate of drug-likeness (QED) is 0.619. The summed E-state index contributed by atoms with van der Waals surface area (Å²) in [6.45, 7) is 1.24. The second kappa shape index (κ2) is 7.96. The highest BCUT2D eigenvalue weighted by Crippen LogP contribution is 2.23. The molecule has 2 N–H and O–H groups in total. The van der Waals surface area contributed by atoms with Gasteiger partial charge in [0, 0.05) is 24.7 Å². The van der Waals surface area contributed by atoms with Crippen LogP contribution in [0.25, 0.3) is 11.0 Å². The van der Waals surface area contributed by atoms with E-state index in [0.717, 1.165) is 31.1 Å². The van der Waals surface area contributed by atoms with Crippen molar-refractivity contribution in [3.8, 4) is 0 Å². The van der Waals surface area contributed by atoms with Gasteiger partial charge in [-0.15, -0.1) is 0 Å². The number of nitrogens with one attached hydrogen (secondary N) is 2. The van der Waals surface area contributed by atoms with Gasteiger partial charge >= 0.3 is 0 Å². The van der Waals surface area contributed by atoms with Crippen LogP contribution in [0.4, 0.5) is 0 Å². The van der Waals surface area contributed by atoms with Crippen molar-refractivity contribution >= 4 is 28.5 Å². The van der Waals surface area contributed by atoms with E-state index in [9.17, 15) is 4.79 Å². The molecule has 0 bridgehead atoms. The number of H-pyrrole nitrogens is 1. The number of ether oxygens (including phenoxy) is 2. The zero-order valence-electron chi connectivity index (χ0n) is 13.7. The topological polar surface area (TPSA) is 76.2 Å². The first kappa shape index (κ1) is 17.2. The Bertz CT molecular complexity index is 695. The molecule has 0 aromatic carbocycles. The maximum Gasteiger partial charge on any atom is 0.252 e. The summed E-state index contributed by atoms with van der Waals surface area (Å²) in [5.74, 6) is -0.104. The summed E-state index contributed by atoms with van der Waals surface area (Å²) in [7, 11) is 1.67. The van der Waals surface area contributed by atoms with E-state index in [1.807, 2.05) is 6.07 Å². The highest BCUT2D eigenvalue weighted by atomic mass is 35.5. The zero-order valence-corrected chi connectivity index (χ0v) is 14.4. The van der Waals surface area contributed by atoms with Gasteiger partial charge in [0.1, 0.15) is 10.8 Å². The highest BCUT2D eigenvalue weighted by Gasteiger charge is 2.24. The molecule has 7 heteroatoms. The molecule has 0 aliphatic heterocycles. The minimum absolute atomic E-state index is 0.104. The van der Waals surface area contributed by atoms with Gasteiger partial charge in [0.25, 0.3) is 5.91 Å². The number of hydrogen-bond donors (Lipinski definition) is 2. The molecule has 1 amide bonds. The summed E-state index contributed by atoms with van der Waals surface area (Å²) in [5.41, 5.74) is 1.19. The first-order valence-corrected chi connectivity index (χ1v) is 8.60. The van der Waals surface area contributed by atoms with Crippen LogP contribution in [0.5, 0.6) is 0 Å². The first-order valence-electron chi connectivity index (χ1n) is 8.22. The van der Waals surface area contributed by atoms with Crippen LogP contribution in [0.3, 0.4) is 0 Å². The lowest BCUT2D eigenvalue weighted by Gasteiger charge is -2.29. The maximum absolute atomic E-state index is 12.6. The van der Waals surface area contributed by atoms with Gasteiger partial charge in [-0.05, 0) is 37.8 Å². The molecule has 6 nitrogen and oxygen atoms in total. The molecule has 2 aromatic heterocycles. The van der Waals surface area contributed by atoms with Crippen LogP contribution >= 0.6 is 11.6 Å². The van der Waals surface area contributed by atoms with Crippen molar-refractivity contribution in [3.05, 3.63) is 29.0 Å². The van der Waals surface area contributed by atoms with Gasteiger partial charge < -0.3 is 19.8 Å². The molecule has 3 rings (SSSR count). The third-order valence-corrected chi connectivity index (χ3v) is 4.59. The summed E-state index contributed by atoms with van der Waals surface area (Å²) in [6.07, 6.45) is 5.75. The molecule has 0 saturated heterocycles. The van der Waals surface area contributed by atoms with E-state index in [4.69, 9.17) is 21.1 Å². The lowest BCUT2D eigenvalue weighted by molar-refractivity contribution is -0.00408. The van der Waals surface area contributed by atoms with Gasteiger partial charge in [-0.2, -0.15) is 0 Å². The van der Waals surface area contributed by atoms with E-state index in [1.54, 1.807) is 19.4 Å². The van der Waals surface area contributed by atoms with Gasteiger partial charge in [-0.25, -0.2) is 4.98 Å². The molecule has 0 radical (unpaired) electrons. The number of fused-ring (bicyclic) bond motifs is 1. The molecule has 1 aliphatic carbocycles. The van der Waals surface area contributed by atoms with Crippen molar-refractivity contribution < 1.29 is 14.3 Å². The SMILES string of the molecule is COCCO[C@H]1CC[C@H](NC(=O)c2cc(Cl)nc3[nH]ccc23)CC1. The molecule has 0 atom stereocenters. The highest BCUT2D eigenvalue weighted by molar-refractivity contribution is 6.30. The Morgan fingerprint density at radius 2 is 2.17 bits per heavy atom. The first-order chi connectivity index (χ1) is 11.7. The molecule has 2 aromatic rings. The number of aromatic nitrogens is 2. The summed E-state index contributed by atoms with van der Waals surface area (Å²) >= 11 is 6.01. The average molecular weight is 352 g/mol. The number of nitrogens with zero attached hydrogens (tertiary/aromatic N) is 1. The Balaban J connectivity index is 1.57. The fourth-order valence-electron chi connectivity index (χ4n) is 3.13. The van der Waals surface area contributed by atoms with Crippen molar-refractivity contribution in [2.45, 2.75) is 37.8 Å². The van der Waals surface area contributed by atoms with Gasteiger partial charge in [-0.3, -0.25) is 4.79 Å². The van der Waals surface area contributed by atoms with E-state index in [-0.39, 0.29) is 18.1 Å². The molecule has 0 spiro atoms. The van der Waals surface area contributed by atoms with Gasteiger partial charge in [0.05, 0.1) is 24.9 Å². The van der Waals surface area contributed by atoms with E-state index in [1.165, 1.54) is 0 Å². The molecule has 1 aliphatic rings.